The number of amides is 2. The molecule has 0 bridgehead atoms. The van der Waals surface area contributed by atoms with E-state index in [0.717, 1.165) is 5.56 Å². The molecular formula is C22H21N3O4S. The molecule has 2 aromatic carbocycles. The number of carbonyl (C=O) groups is 3. The van der Waals surface area contributed by atoms with Gasteiger partial charge in [-0.05, 0) is 43.2 Å². The highest BCUT2D eigenvalue weighted by atomic mass is 32.1. The maximum absolute atomic E-state index is 12.4. The van der Waals surface area contributed by atoms with Crippen molar-refractivity contribution in [3.8, 4) is 0 Å². The predicted octanol–water partition coefficient (Wildman–Crippen LogP) is 4.14. The number of nitrogens with one attached hydrogen (secondary N) is 2. The zero-order valence-corrected chi connectivity index (χ0v) is 17.2. The van der Waals surface area contributed by atoms with Gasteiger partial charge in [0.05, 0.1) is 12.2 Å². The molecule has 1 aromatic heterocycles. The summed E-state index contributed by atoms with van der Waals surface area (Å²) in [5, 5.41) is 7.38. The number of anilines is 2. The maximum atomic E-state index is 12.4. The molecule has 0 fully saturated rings. The van der Waals surface area contributed by atoms with Crippen molar-refractivity contribution < 1.29 is 19.1 Å². The van der Waals surface area contributed by atoms with E-state index < -0.39 is 11.9 Å². The van der Waals surface area contributed by atoms with Crippen LogP contribution in [0.5, 0.6) is 0 Å². The number of rotatable bonds is 8. The van der Waals surface area contributed by atoms with Crippen LogP contribution in [0.1, 0.15) is 39.8 Å². The normalized spacial score (nSPS) is 10.3. The smallest absolute Gasteiger partial charge is 0.338 e. The number of hydrogen-bond acceptors (Lipinski definition) is 6. The number of ether oxygens (including phenoxy) is 1. The van der Waals surface area contributed by atoms with Gasteiger partial charge in [0.1, 0.15) is 5.69 Å². The lowest BCUT2D eigenvalue weighted by molar-refractivity contribution is -0.116. The molecule has 7 nitrogen and oxygen atoms in total. The monoisotopic (exact) mass is 423 g/mol. The topological polar surface area (TPSA) is 97.4 Å². The van der Waals surface area contributed by atoms with E-state index in [-0.39, 0.29) is 11.6 Å². The van der Waals surface area contributed by atoms with Crippen LogP contribution in [0, 0.1) is 0 Å². The molecule has 0 spiro atoms. The van der Waals surface area contributed by atoms with E-state index in [9.17, 15) is 14.4 Å². The van der Waals surface area contributed by atoms with Crippen LogP contribution in [0.4, 0.5) is 10.8 Å². The highest BCUT2D eigenvalue weighted by Gasteiger charge is 2.13. The maximum Gasteiger partial charge on any atom is 0.338 e. The molecule has 2 N–H and O–H groups in total. The SMILES string of the molecule is CCOC(=O)c1ccc(NC(=O)c2csc(NC(=O)CCc3ccccc3)n2)cc1. The zero-order valence-electron chi connectivity index (χ0n) is 16.4. The molecule has 0 aliphatic carbocycles. The number of carbonyl (C=O) groups excluding carboxylic acids is 3. The predicted molar refractivity (Wildman–Crippen MR) is 116 cm³/mol. The number of benzene rings is 2. The van der Waals surface area contributed by atoms with Gasteiger partial charge in [-0.2, -0.15) is 0 Å². The summed E-state index contributed by atoms with van der Waals surface area (Å²) < 4.78 is 4.93. The molecule has 3 aromatic rings. The fraction of sp³-hybridized carbons (Fsp3) is 0.182. The van der Waals surface area contributed by atoms with Crippen LogP contribution in [0.25, 0.3) is 0 Å². The molecule has 3 rings (SSSR count). The first-order valence-corrected chi connectivity index (χ1v) is 10.3. The second-order valence-corrected chi connectivity index (χ2v) is 7.18. The van der Waals surface area contributed by atoms with Gasteiger partial charge in [-0.3, -0.25) is 9.59 Å². The number of thiazole rings is 1. The first-order chi connectivity index (χ1) is 14.5. The summed E-state index contributed by atoms with van der Waals surface area (Å²) in [6.45, 7) is 2.03. The fourth-order valence-corrected chi connectivity index (χ4v) is 3.33. The van der Waals surface area contributed by atoms with Crippen molar-refractivity contribution in [3.05, 3.63) is 76.8 Å². The van der Waals surface area contributed by atoms with E-state index in [1.807, 2.05) is 30.3 Å². The van der Waals surface area contributed by atoms with Gasteiger partial charge in [-0.25, -0.2) is 9.78 Å². The molecule has 30 heavy (non-hydrogen) atoms. The molecule has 1 heterocycles. The van der Waals surface area contributed by atoms with E-state index >= 15 is 0 Å². The van der Waals surface area contributed by atoms with E-state index in [1.54, 1.807) is 36.6 Å². The van der Waals surface area contributed by atoms with Gasteiger partial charge < -0.3 is 15.4 Å². The minimum atomic E-state index is -0.414. The van der Waals surface area contributed by atoms with Crippen LogP contribution < -0.4 is 10.6 Å². The second-order valence-electron chi connectivity index (χ2n) is 6.32. The van der Waals surface area contributed by atoms with Gasteiger partial charge >= 0.3 is 5.97 Å². The summed E-state index contributed by atoms with van der Waals surface area (Å²) in [7, 11) is 0. The van der Waals surface area contributed by atoms with Crippen molar-refractivity contribution in [1.82, 2.24) is 4.98 Å². The Balaban J connectivity index is 1.51. The lowest BCUT2D eigenvalue weighted by Gasteiger charge is -2.05. The van der Waals surface area contributed by atoms with E-state index in [1.165, 1.54) is 11.3 Å². The van der Waals surface area contributed by atoms with E-state index in [2.05, 4.69) is 15.6 Å². The Labute approximate surface area is 178 Å². The Morgan fingerprint density at radius 3 is 2.43 bits per heavy atom. The lowest BCUT2D eigenvalue weighted by atomic mass is 10.1. The minimum Gasteiger partial charge on any atom is -0.462 e. The summed E-state index contributed by atoms with van der Waals surface area (Å²) in [5.74, 6) is -0.975. The Morgan fingerprint density at radius 2 is 1.73 bits per heavy atom. The van der Waals surface area contributed by atoms with Crippen molar-refractivity contribution in [2.45, 2.75) is 19.8 Å². The van der Waals surface area contributed by atoms with Gasteiger partial charge in [0.2, 0.25) is 5.91 Å². The summed E-state index contributed by atoms with van der Waals surface area (Å²) in [5.41, 5.74) is 2.21. The van der Waals surface area contributed by atoms with Gasteiger partial charge in [0.15, 0.2) is 5.13 Å². The third-order valence-electron chi connectivity index (χ3n) is 4.12. The van der Waals surface area contributed by atoms with Crippen LogP contribution in [0.2, 0.25) is 0 Å². The number of hydrogen-bond donors (Lipinski definition) is 2. The van der Waals surface area contributed by atoms with Crippen molar-refractivity contribution in [3.63, 3.8) is 0 Å². The third-order valence-corrected chi connectivity index (χ3v) is 4.88. The van der Waals surface area contributed by atoms with Gasteiger partial charge in [-0.1, -0.05) is 30.3 Å². The standard InChI is InChI=1S/C22H21N3O4S/c1-2-29-21(28)16-9-11-17(12-10-16)23-20(27)18-14-30-22(24-18)25-19(26)13-8-15-6-4-3-5-7-15/h3-7,9-12,14H,2,8,13H2,1H3,(H,23,27)(H,24,25,26). The summed E-state index contributed by atoms with van der Waals surface area (Å²) >= 11 is 1.19. The van der Waals surface area contributed by atoms with Crippen LogP contribution in [-0.4, -0.2) is 29.4 Å². The molecule has 0 aliphatic rings. The van der Waals surface area contributed by atoms with Crippen LogP contribution in [0.3, 0.4) is 0 Å². The van der Waals surface area contributed by atoms with Crippen molar-refractivity contribution in [2.75, 3.05) is 17.2 Å². The summed E-state index contributed by atoms with van der Waals surface area (Å²) in [4.78, 5) is 40.3. The van der Waals surface area contributed by atoms with Crippen molar-refractivity contribution in [1.29, 1.82) is 0 Å². The van der Waals surface area contributed by atoms with E-state index in [0.29, 0.717) is 35.8 Å². The van der Waals surface area contributed by atoms with Crippen LogP contribution in [-0.2, 0) is 16.0 Å². The highest BCUT2D eigenvalue weighted by Crippen LogP contribution is 2.18. The van der Waals surface area contributed by atoms with E-state index in [4.69, 9.17) is 4.74 Å². The molecule has 0 unspecified atom stereocenters. The molecule has 2 amide bonds. The van der Waals surface area contributed by atoms with Gasteiger partial charge in [0, 0.05) is 17.5 Å². The summed E-state index contributed by atoms with van der Waals surface area (Å²) in [6.07, 6.45) is 0.963. The third kappa shape index (κ3) is 5.99. The average molecular weight is 423 g/mol. The summed E-state index contributed by atoms with van der Waals surface area (Å²) in [6, 6.07) is 16.1. The molecule has 0 saturated heterocycles. The molecule has 8 heteroatoms. The quantitative estimate of drug-likeness (QED) is 0.531. The average Bonchev–Trinajstić information content (AvgIpc) is 3.22. The Bertz CT molecular complexity index is 1020. The first kappa shape index (κ1) is 21.2. The molecule has 0 aliphatic heterocycles. The minimum absolute atomic E-state index is 0.158. The Morgan fingerprint density at radius 1 is 1.00 bits per heavy atom. The van der Waals surface area contributed by atoms with Gasteiger partial charge in [0.25, 0.3) is 5.91 Å². The highest BCUT2D eigenvalue weighted by molar-refractivity contribution is 7.14. The first-order valence-electron chi connectivity index (χ1n) is 9.43. The van der Waals surface area contributed by atoms with Crippen LogP contribution in [0.15, 0.2) is 60.0 Å². The molecule has 0 saturated carbocycles. The second kappa shape index (κ2) is 10.3. The van der Waals surface area contributed by atoms with Crippen molar-refractivity contribution >= 4 is 39.9 Å². The number of aromatic nitrogens is 1. The Hall–Kier alpha value is -3.52. The largest absolute Gasteiger partial charge is 0.462 e. The molecular weight excluding hydrogens is 402 g/mol. The molecule has 0 radical (unpaired) electrons. The number of esters is 1. The van der Waals surface area contributed by atoms with Crippen LogP contribution >= 0.6 is 11.3 Å². The molecule has 154 valence electrons. The zero-order chi connectivity index (χ0) is 21.3. The molecule has 0 atom stereocenters. The van der Waals surface area contributed by atoms with Gasteiger partial charge in [-0.15, -0.1) is 11.3 Å². The number of nitrogens with zero attached hydrogens (tertiary/aromatic N) is 1. The fourth-order valence-electron chi connectivity index (χ4n) is 2.62. The lowest BCUT2D eigenvalue weighted by Crippen LogP contribution is -2.14. The Kier molecular flexibility index (Phi) is 7.29. The number of aryl methyl sites for hydroxylation is 1. The van der Waals surface area contributed by atoms with Crippen molar-refractivity contribution in [2.24, 2.45) is 0 Å².